The van der Waals surface area contributed by atoms with Gasteiger partial charge in [-0.1, -0.05) is 72.8 Å². The van der Waals surface area contributed by atoms with Crippen LogP contribution in [0.15, 0.2) is 88.8 Å². The zero-order valence-corrected chi connectivity index (χ0v) is 16.1. The first-order valence-corrected chi connectivity index (χ1v) is 10.0. The smallest absolute Gasteiger partial charge is 0.218 e. The Morgan fingerprint density at radius 2 is 1.59 bits per heavy atom. The van der Waals surface area contributed by atoms with Crippen molar-refractivity contribution in [1.82, 2.24) is 5.32 Å². The molecule has 0 aromatic heterocycles. The Kier molecular flexibility index (Phi) is 4.68. The van der Waals surface area contributed by atoms with Gasteiger partial charge in [0.15, 0.2) is 0 Å². The number of rotatable bonds is 3. The van der Waals surface area contributed by atoms with E-state index >= 15 is 0 Å². The Hall–Kier alpha value is -3.27. The number of hydrogen-bond acceptors (Lipinski definition) is 3. The van der Waals surface area contributed by atoms with Gasteiger partial charge in [0.1, 0.15) is 5.82 Å². The molecule has 1 aliphatic heterocycles. The summed E-state index contributed by atoms with van der Waals surface area (Å²) in [6, 6.07) is 25.6. The minimum atomic E-state index is -0.141. The van der Waals surface area contributed by atoms with E-state index in [-0.39, 0.29) is 17.7 Å². The minimum Gasteiger partial charge on any atom is -0.350 e. The zero-order chi connectivity index (χ0) is 19.6. The molecule has 0 saturated heterocycles. The number of nitrogens with one attached hydrogen (secondary N) is 1. The maximum atomic E-state index is 14.5. The van der Waals surface area contributed by atoms with Gasteiger partial charge in [-0.15, -0.1) is 0 Å². The highest BCUT2D eigenvalue weighted by Gasteiger charge is 2.35. The first kappa shape index (κ1) is 17.8. The Balaban J connectivity index is 1.46. The fourth-order valence-electron chi connectivity index (χ4n) is 4.36. The summed E-state index contributed by atoms with van der Waals surface area (Å²) in [5.41, 5.74) is 5.29. The van der Waals surface area contributed by atoms with E-state index in [0.29, 0.717) is 19.0 Å². The predicted octanol–water partition coefficient (Wildman–Crippen LogP) is 4.93. The van der Waals surface area contributed by atoms with Crippen LogP contribution in [0.2, 0.25) is 0 Å². The normalized spacial score (nSPS) is 20.2. The number of benzene rings is 3. The maximum Gasteiger partial charge on any atom is 0.218 e. The van der Waals surface area contributed by atoms with Gasteiger partial charge in [-0.05, 0) is 29.2 Å². The third-order valence-corrected chi connectivity index (χ3v) is 5.78. The van der Waals surface area contributed by atoms with Crippen LogP contribution < -0.4 is 5.32 Å². The van der Waals surface area contributed by atoms with Gasteiger partial charge in [-0.2, -0.15) is 0 Å². The zero-order valence-electron chi connectivity index (χ0n) is 16.1. The molecule has 0 fully saturated rings. The van der Waals surface area contributed by atoms with Crippen molar-refractivity contribution >= 4 is 11.7 Å². The molecule has 29 heavy (non-hydrogen) atoms. The summed E-state index contributed by atoms with van der Waals surface area (Å²) in [5.74, 6) is 0.777. The average Bonchev–Trinajstić information content (AvgIpc) is 2.78. The molecule has 144 valence electrons. The molecular formula is C25H22FN3. The van der Waals surface area contributed by atoms with Crippen LogP contribution in [0.5, 0.6) is 0 Å². The Labute approximate surface area is 170 Å². The van der Waals surface area contributed by atoms with Crippen LogP contribution in [0.3, 0.4) is 0 Å². The fourth-order valence-corrected chi connectivity index (χ4v) is 4.36. The van der Waals surface area contributed by atoms with Crippen molar-refractivity contribution < 1.29 is 4.39 Å². The number of nitrogens with zero attached hydrogens (tertiary/aromatic N) is 2. The first-order valence-electron chi connectivity index (χ1n) is 10.0. The molecule has 3 aromatic rings. The molecule has 3 aromatic carbocycles. The lowest BCUT2D eigenvalue weighted by atomic mass is 9.72. The van der Waals surface area contributed by atoms with Gasteiger partial charge < -0.3 is 5.32 Å². The molecule has 4 heteroatoms. The van der Waals surface area contributed by atoms with Crippen LogP contribution in [-0.4, -0.2) is 18.2 Å². The summed E-state index contributed by atoms with van der Waals surface area (Å²) >= 11 is 0. The molecule has 0 amide bonds. The minimum absolute atomic E-state index is 0.0328. The van der Waals surface area contributed by atoms with Gasteiger partial charge in [-0.3, -0.25) is 4.99 Å². The van der Waals surface area contributed by atoms with E-state index in [4.69, 9.17) is 4.99 Å². The third-order valence-electron chi connectivity index (χ3n) is 5.78. The van der Waals surface area contributed by atoms with E-state index in [1.54, 1.807) is 12.1 Å². The maximum absolute atomic E-state index is 14.5. The molecule has 1 aliphatic carbocycles. The van der Waals surface area contributed by atoms with Crippen molar-refractivity contribution in [2.45, 2.75) is 18.9 Å². The SMILES string of the molecule is Fc1ccccc1C1CC2CN=C(NCc3ccccc3)N=C2c2ccccc21. The monoisotopic (exact) mass is 383 g/mol. The highest BCUT2D eigenvalue weighted by atomic mass is 19.1. The second-order valence-corrected chi connectivity index (χ2v) is 7.59. The standard InChI is InChI=1S/C25H22FN3/c26-23-13-7-6-11-20(23)22-14-18-16-28-25(27-15-17-8-2-1-3-9-17)29-24(18)21-12-5-4-10-19(21)22/h1-13,18,22H,14-16H2,(H,27,28). The molecule has 2 unspecified atom stereocenters. The van der Waals surface area contributed by atoms with E-state index in [1.165, 1.54) is 5.56 Å². The molecule has 1 N–H and O–H groups in total. The number of hydrogen-bond donors (Lipinski definition) is 1. The Morgan fingerprint density at radius 3 is 2.41 bits per heavy atom. The molecule has 0 saturated carbocycles. The van der Waals surface area contributed by atoms with Crippen LogP contribution in [0.25, 0.3) is 0 Å². The lowest BCUT2D eigenvalue weighted by Crippen LogP contribution is -2.35. The molecule has 0 radical (unpaired) electrons. The van der Waals surface area contributed by atoms with Gasteiger partial charge in [0.2, 0.25) is 5.96 Å². The fraction of sp³-hybridized carbons (Fsp3) is 0.200. The lowest BCUT2D eigenvalue weighted by Gasteiger charge is -2.34. The van der Waals surface area contributed by atoms with E-state index in [1.807, 2.05) is 42.5 Å². The molecule has 5 rings (SSSR count). The van der Waals surface area contributed by atoms with Gasteiger partial charge >= 0.3 is 0 Å². The molecule has 0 bridgehead atoms. The third kappa shape index (κ3) is 3.46. The van der Waals surface area contributed by atoms with Crippen molar-refractivity contribution in [3.8, 4) is 0 Å². The van der Waals surface area contributed by atoms with Crippen molar-refractivity contribution in [3.63, 3.8) is 0 Å². The molecule has 3 nitrogen and oxygen atoms in total. The van der Waals surface area contributed by atoms with Crippen molar-refractivity contribution in [1.29, 1.82) is 0 Å². The van der Waals surface area contributed by atoms with Crippen LogP contribution in [0.1, 0.15) is 34.6 Å². The summed E-state index contributed by atoms with van der Waals surface area (Å²) in [6.07, 6.45) is 0.826. The highest BCUT2D eigenvalue weighted by molar-refractivity contribution is 6.11. The number of halogens is 1. The van der Waals surface area contributed by atoms with Crippen molar-refractivity contribution in [2.24, 2.45) is 15.9 Å². The van der Waals surface area contributed by atoms with Gasteiger partial charge in [-0.25, -0.2) is 9.38 Å². The van der Waals surface area contributed by atoms with E-state index in [9.17, 15) is 4.39 Å². The summed E-state index contributed by atoms with van der Waals surface area (Å²) in [4.78, 5) is 9.55. The second kappa shape index (κ2) is 7.63. The predicted molar refractivity (Wildman–Crippen MR) is 115 cm³/mol. The van der Waals surface area contributed by atoms with Crippen LogP contribution in [0.4, 0.5) is 4.39 Å². The molecular weight excluding hydrogens is 361 g/mol. The summed E-state index contributed by atoms with van der Waals surface area (Å²) in [7, 11) is 0. The molecule has 1 heterocycles. The van der Waals surface area contributed by atoms with Crippen LogP contribution in [0, 0.1) is 11.7 Å². The second-order valence-electron chi connectivity index (χ2n) is 7.59. The van der Waals surface area contributed by atoms with E-state index in [2.05, 4.69) is 34.6 Å². The van der Waals surface area contributed by atoms with Gasteiger partial charge in [0.05, 0.1) is 12.3 Å². The average molecular weight is 383 g/mol. The Morgan fingerprint density at radius 1 is 0.862 bits per heavy atom. The summed E-state index contributed by atoms with van der Waals surface area (Å²) in [6.45, 7) is 1.37. The number of guanidine groups is 1. The summed E-state index contributed by atoms with van der Waals surface area (Å²) < 4.78 is 14.5. The molecule has 0 spiro atoms. The van der Waals surface area contributed by atoms with Crippen molar-refractivity contribution in [2.75, 3.05) is 6.54 Å². The van der Waals surface area contributed by atoms with Crippen molar-refractivity contribution in [3.05, 3.63) is 107 Å². The summed E-state index contributed by atoms with van der Waals surface area (Å²) in [5, 5.41) is 3.36. The van der Waals surface area contributed by atoms with Gasteiger partial charge in [0.25, 0.3) is 0 Å². The van der Waals surface area contributed by atoms with E-state index in [0.717, 1.165) is 28.8 Å². The topological polar surface area (TPSA) is 36.8 Å². The molecule has 2 aliphatic rings. The molecule has 2 atom stereocenters. The van der Waals surface area contributed by atoms with E-state index < -0.39 is 0 Å². The highest BCUT2D eigenvalue weighted by Crippen LogP contribution is 2.41. The Bertz CT molecular complexity index is 1090. The largest absolute Gasteiger partial charge is 0.350 e. The van der Waals surface area contributed by atoms with Crippen LogP contribution >= 0.6 is 0 Å². The lowest BCUT2D eigenvalue weighted by molar-refractivity contribution is 0.531. The quantitative estimate of drug-likeness (QED) is 0.684. The van der Waals surface area contributed by atoms with Crippen LogP contribution in [-0.2, 0) is 6.54 Å². The number of fused-ring (bicyclic) bond motifs is 3. The first-order chi connectivity index (χ1) is 14.3. The number of aliphatic imine (C=N–C) groups is 2. The van der Waals surface area contributed by atoms with Gasteiger partial charge in [0, 0.05) is 23.9 Å².